The van der Waals surface area contributed by atoms with E-state index in [0.717, 1.165) is 4.90 Å². The molecule has 0 saturated heterocycles. The van der Waals surface area contributed by atoms with Crippen molar-refractivity contribution in [1.82, 2.24) is 10.2 Å². The maximum absolute atomic E-state index is 12.7. The third-order valence-corrected chi connectivity index (χ3v) is 3.67. The molecule has 1 rings (SSSR count). The molecule has 1 aromatic rings. The van der Waals surface area contributed by atoms with E-state index in [4.69, 9.17) is 0 Å². The Kier molecular flexibility index (Phi) is 7.22. The largest absolute Gasteiger partial charge is 0.352 e. The first-order chi connectivity index (χ1) is 9.88. The van der Waals surface area contributed by atoms with E-state index >= 15 is 0 Å². The number of halogens is 1. The van der Waals surface area contributed by atoms with E-state index in [1.165, 1.54) is 28.8 Å². The summed E-state index contributed by atoms with van der Waals surface area (Å²) in [6.45, 7) is 3.82. The number of nitrogens with zero attached hydrogens (tertiary/aromatic N) is 1. The Balaban J connectivity index is 2.29. The number of nitrogens with one attached hydrogen (secondary N) is 1. The van der Waals surface area contributed by atoms with Crippen molar-refractivity contribution in [2.45, 2.75) is 31.2 Å². The first-order valence-corrected chi connectivity index (χ1v) is 7.78. The highest BCUT2D eigenvalue weighted by atomic mass is 32.2. The number of likely N-dealkylation sites (N-methyl/N-ethyl adjacent to an activating group) is 1. The van der Waals surface area contributed by atoms with Gasteiger partial charge in [0.15, 0.2) is 0 Å². The Labute approximate surface area is 129 Å². The topological polar surface area (TPSA) is 49.4 Å². The van der Waals surface area contributed by atoms with Gasteiger partial charge >= 0.3 is 0 Å². The molecule has 0 atom stereocenters. The number of hydrogen-bond acceptors (Lipinski definition) is 3. The van der Waals surface area contributed by atoms with E-state index in [2.05, 4.69) is 5.32 Å². The Hall–Kier alpha value is -1.56. The molecule has 2 amide bonds. The minimum absolute atomic E-state index is 0.0648. The average molecular weight is 312 g/mol. The zero-order valence-corrected chi connectivity index (χ0v) is 13.4. The van der Waals surface area contributed by atoms with Gasteiger partial charge in [-0.3, -0.25) is 9.59 Å². The average Bonchev–Trinajstić information content (AvgIpc) is 2.39. The Morgan fingerprint density at radius 1 is 1.29 bits per heavy atom. The van der Waals surface area contributed by atoms with Crippen LogP contribution < -0.4 is 5.32 Å². The van der Waals surface area contributed by atoms with Gasteiger partial charge in [-0.1, -0.05) is 0 Å². The van der Waals surface area contributed by atoms with Crippen molar-refractivity contribution in [3.8, 4) is 0 Å². The highest BCUT2D eigenvalue weighted by Crippen LogP contribution is 2.19. The molecule has 1 aromatic carbocycles. The lowest BCUT2D eigenvalue weighted by Gasteiger charge is -2.17. The van der Waals surface area contributed by atoms with Crippen LogP contribution in [0.25, 0.3) is 0 Å². The standard InChI is InChI=1S/C15H21FN2O2S/c1-11(2)17-14(19)10-18(3)15(20)8-9-21-13-6-4-12(16)5-7-13/h4-7,11H,8-10H2,1-3H3,(H,17,19). The number of carbonyl (C=O) groups excluding carboxylic acids is 2. The van der Waals surface area contributed by atoms with E-state index in [0.29, 0.717) is 12.2 Å². The van der Waals surface area contributed by atoms with Gasteiger partial charge in [0.25, 0.3) is 0 Å². The molecule has 0 saturated carbocycles. The molecule has 1 N–H and O–H groups in total. The molecule has 0 aliphatic carbocycles. The molecule has 0 aliphatic heterocycles. The van der Waals surface area contributed by atoms with E-state index in [1.54, 1.807) is 19.2 Å². The predicted molar refractivity (Wildman–Crippen MR) is 82.7 cm³/mol. The van der Waals surface area contributed by atoms with Crippen molar-refractivity contribution in [3.63, 3.8) is 0 Å². The molecule has 0 fully saturated rings. The van der Waals surface area contributed by atoms with Gasteiger partial charge in [0.1, 0.15) is 5.82 Å². The summed E-state index contributed by atoms with van der Waals surface area (Å²) in [5.74, 6) is 0.0857. The number of hydrogen-bond donors (Lipinski definition) is 1. The van der Waals surface area contributed by atoms with E-state index in [-0.39, 0.29) is 30.2 Å². The zero-order valence-electron chi connectivity index (χ0n) is 12.6. The predicted octanol–water partition coefficient (Wildman–Crippen LogP) is 2.29. The molecule has 0 spiro atoms. The van der Waals surface area contributed by atoms with Crippen molar-refractivity contribution in [2.75, 3.05) is 19.3 Å². The smallest absolute Gasteiger partial charge is 0.239 e. The fraction of sp³-hybridized carbons (Fsp3) is 0.467. The van der Waals surface area contributed by atoms with Crippen LogP contribution in [0.1, 0.15) is 20.3 Å². The maximum atomic E-state index is 12.7. The summed E-state index contributed by atoms with van der Waals surface area (Å²) < 4.78 is 12.7. The monoisotopic (exact) mass is 312 g/mol. The summed E-state index contributed by atoms with van der Waals surface area (Å²) >= 11 is 1.49. The lowest BCUT2D eigenvalue weighted by molar-refractivity contribution is -0.134. The molecular weight excluding hydrogens is 291 g/mol. The molecular formula is C15H21FN2O2S. The molecule has 0 radical (unpaired) electrons. The first kappa shape index (κ1) is 17.5. The number of thioether (sulfide) groups is 1. The molecule has 0 unspecified atom stereocenters. The minimum Gasteiger partial charge on any atom is -0.352 e. The molecule has 4 nitrogen and oxygen atoms in total. The van der Waals surface area contributed by atoms with Crippen LogP contribution in [0.3, 0.4) is 0 Å². The lowest BCUT2D eigenvalue weighted by atomic mass is 10.3. The van der Waals surface area contributed by atoms with Gasteiger partial charge in [0, 0.05) is 30.2 Å². The van der Waals surface area contributed by atoms with Crippen LogP contribution in [0.15, 0.2) is 29.2 Å². The van der Waals surface area contributed by atoms with E-state index < -0.39 is 0 Å². The van der Waals surface area contributed by atoms with Crippen LogP contribution in [0.5, 0.6) is 0 Å². The van der Waals surface area contributed by atoms with Crippen LogP contribution in [-0.4, -0.2) is 42.1 Å². The summed E-state index contributed by atoms with van der Waals surface area (Å²) in [5, 5.41) is 2.74. The summed E-state index contributed by atoms with van der Waals surface area (Å²) in [6, 6.07) is 6.23. The van der Waals surface area contributed by atoms with Crippen molar-refractivity contribution in [3.05, 3.63) is 30.1 Å². The van der Waals surface area contributed by atoms with Crippen molar-refractivity contribution < 1.29 is 14.0 Å². The minimum atomic E-state index is -0.272. The van der Waals surface area contributed by atoms with Crippen LogP contribution in [-0.2, 0) is 9.59 Å². The molecule has 6 heteroatoms. The van der Waals surface area contributed by atoms with E-state index in [1.807, 2.05) is 13.8 Å². The molecule has 21 heavy (non-hydrogen) atoms. The van der Waals surface area contributed by atoms with Crippen molar-refractivity contribution in [2.24, 2.45) is 0 Å². The second kappa shape index (κ2) is 8.67. The fourth-order valence-corrected chi connectivity index (χ4v) is 2.49. The number of rotatable bonds is 7. The maximum Gasteiger partial charge on any atom is 0.239 e. The van der Waals surface area contributed by atoms with Crippen molar-refractivity contribution in [1.29, 1.82) is 0 Å². The van der Waals surface area contributed by atoms with Crippen LogP contribution >= 0.6 is 11.8 Å². The van der Waals surface area contributed by atoms with Gasteiger partial charge < -0.3 is 10.2 Å². The van der Waals surface area contributed by atoms with Gasteiger partial charge in [-0.2, -0.15) is 0 Å². The summed E-state index contributed by atoms with van der Waals surface area (Å²) in [6.07, 6.45) is 0.341. The van der Waals surface area contributed by atoms with Gasteiger partial charge in [0.05, 0.1) is 6.54 Å². The quantitative estimate of drug-likeness (QED) is 0.786. The second-order valence-corrected chi connectivity index (χ2v) is 6.19. The van der Waals surface area contributed by atoms with E-state index in [9.17, 15) is 14.0 Å². The molecule has 0 aromatic heterocycles. The lowest BCUT2D eigenvalue weighted by Crippen LogP contribution is -2.40. The molecule has 0 bridgehead atoms. The Bertz CT molecular complexity index is 477. The van der Waals surface area contributed by atoms with Crippen LogP contribution in [0.4, 0.5) is 4.39 Å². The van der Waals surface area contributed by atoms with Gasteiger partial charge in [-0.15, -0.1) is 11.8 Å². The van der Waals surface area contributed by atoms with Gasteiger partial charge in [-0.05, 0) is 38.1 Å². The van der Waals surface area contributed by atoms with Crippen LogP contribution in [0, 0.1) is 5.82 Å². The molecule has 116 valence electrons. The third-order valence-electron chi connectivity index (χ3n) is 2.65. The normalized spacial score (nSPS) is 10.5. The van der Waals surface area contributed by atoms with Gasteiger partial charge in [0.2, 0.25) is 11.8 Å². The second-order valence-electron chi connectivity index (χ2n) is 5.02. The van der Waals surface area contributed by atoms with Crippen LogP contribution in [0.2, 0.25) is 0 Å². The first-order valence-electron chi connectivity index (χ1n) is 6.80. The van der Waals surface area contributed by atoms with Gasteiger partial charge in [-0.25, -0.2) is 4.39 Å². The summed E-state index contributed by atoms with van der Waals surface area (Å²) in [4.78, 5) is 25.8. The summed E-state index contributed by atoms with van der Waals surface area (Å²) in [7, 11) is 1.62. The SMILES string of the molecule is CC(C)NC(=O)CN(C)C(=O)CCSc1ccc(F)cc1. The Morgan fingerprint density at radius 3 is 2.48 bits per heavy atom. The zero-order chi connectivity index (χ0) is 15.8. The number of benzene rings is 1. The Morgan fingerprint density at radius 2 is 1.90 bits per heavy atom. The summed E-state index contributed by atoms with van der Waals surface area (Å²) in [5.41, 5.74) is 0. The number of carbonyl (C=O) groups is 2. The highest BCUT2D eigenvalue weighted by molar-refractivity contribution is 7.99. The molecule has 0 heterocycles. The third kappa shape index (κ3) is 7.13. The highest BCUT2D eigenvalue weighted by Gasteiger charge is 2.13. The fourth-order valence-electron chi connectivity index (χ4n) is 1.65. The molecule has 0 aliphatic rings. The van der Waals surface area contributed by atoms with Crippen molar-refractivity contribution >= 4 is 23.6 Å². The number of amides is 2.